The van der Waals surface area contributed by atoms with Crippen molar-refractivity contribution < 1.29 is 0 Å². The molecular formula is C10H22N2. The molecule has 2 nitrogen and oxygen atoms in total. The molecule has 0 aromatic heterocycles. The molecule has 0 aromatic carbocycles. The number of nitrogens with one attached hydrogen (secondary N) is 1. The Kier molecular flexibility index (Phi) is 4.02. The Bertz CT molecular complexity index is 119. The van der Waals surface area contributed by atoms with Crippen LogP contribution in [-0.2, 0) is 0 Å². The standard InChI is InChI=1S/C10H22N2/c1-4-10(9-5-6-9)11-7-8-12(2)3/h9-11H,4-8H2,1-3H3. The first-order valence-corrected chi connectivity index (χ1v) is 5.12. The number of hydrogen-bond acceptors (Lipinski definition) is 2. The second-order valence-corrected chi connectivity index (χ2v) is 4.11. The Labute approximate surface area is 76.3 Å². The summed E-state index contributed by atoms with van der Waals surface area (Å²) in [5, 5.41) is 3.62. The monoisotopic (exact) mass is 170 g/mol. The van der Waals surface area contributed by atoms with Gasteiger partial charge in [-0.2, -0.15) is 0 Å². The van der Waals surface area contributed by atoms with Crippen LogP contribution in [-0.4, -0.2) is 38.1 Å². The second-order valence-electron chi connectivity index (χ2n) is 4.11. The number of nitrogens with zero attached hydrogens (tertiary/aromatic N) is 1. The van der Waals surface area contributed by atoms with Crippen LogP contribution in [0, 0.1) is 5.92 Å². The van der Waals surface area contributed by atoms with Crippen LogP contribution in [0.2, 0.25) is 0 Å². The molecule has 0 aliphatic heterocycles. The summed E-state index contributed by atoms with van der Waals surface area (Å²) in [5.41, 5.74) is 0. The lowest BCUT2D eigenvalue weighted by atomic mass is 10.1. The third-order valence-corrected chi connectivity index (χ3v) is 2.60. The van der Waals surface area contributed by atoms with Gasteiger partial charge in [0.15, 0.2) is 0 Å². The van der Waals surface area contributed by atoms with Crippen LogP contribution in [0.25, 0.3) is 0 Å². The third kappa shape index (κ3) is 3.55. The van der Waals surface area contributed by atoms with Gasteiger partial charge in [-0.15, -0.1) is 0 Å². The minimum absolute atomic E-state index is 0.796. The van der Waals surface area contributed by atoms with Crippen molar-refractivity contribution in [3.05, 3.63) is 0 Å². The van der Waals surface area contributed by atoms with E-state index in [1.54, 1.807) is 0 Å². The molecule has 0 bridgehead atoms. The highest BCUT2D eigenvalue weighted by Gasteiger charge is 2.29. The largest absolute Gasteiger partial charge is 0.312 e. The van der Waals surface area contributed by atoms with Gasteiger partial charge in [0, 0.05) is 19.1 Å². The Morgan fingerprint density at radius 2 is 2.08 bits per heavy atom. The second kappa shape index (κ2) is 4.83. The highest BCUT2D eigenvalue weighted by Crippen LogP contribution is 2.33. The predicted octanol–water partition coefficient (Wildman–Crippen LogP) is 1.33. The molecule has 0 spiro atoms. The van der Waals surface area contributed by atoms with Crippen molar-refractivity contribution in [2.75, 3.05) is 27.2 Å². The summed E-state index contributed by atoms with van der Waals surface area (Å²) in [5.74, 6) is 0.997. The Morgan fingerprint density at radius 3 is 2.50 bits per heavy atom. The van der Waals surface area contributed by atoms with Gasteiger partial charge in [0.1, 0.15) is 0 Å². The van der Waals surface area contributed by atoms with Crippen LogP contribution < -0.4 is 5.32 Å². The SMILES string of the molecule is CCC(NCCN(C)C)C1CC1. The molecule has 1 aliphatic rings. The maximum Gasteiger partial charge on any atom is 0.0101 e. The van der Waals surface area contributed by atoms with E-state index in [1.165, 1.54) is 19.3 Å². The van der Waals surface area contributed by atoms with Gasteiger partial charge < -0.3 is 10.2 Å². The Balaban J connectivity index is 2.02. The minimum Gasteiger partial charge on any atom is -0.312 e. The van der Waals surface area contributed by atoms with E-state index in [2.05, 4.69) is 31.2 Å². The molecule has 0 amide bonds. The molecule has 0 saturated heterocycles. The molecule has 1 unspecified atom stereocenters. The quantitative estimate of drug-likeness (QED) is 0.647. The van der Waals surface area contributed by atoms with Crippen LogP contribution in [0.3, 0.4) is 0 Å². The summed E-state index contributed by atoms with van der Waals surface area (Å²) in [4.78, 5) is 2.23. The smallest absolute Gasteiger partial charge is 0.0101 e. The first kappa shape index (κ1) is 10.0. The minimum atomic E-state index is 0.796. The molecule has 0 aromatic rings. The van der Waals surface area contributed by atoms with Gasteiger partial charge in [-0.3, -0.25) is 0 Å². The maximum absolute atomic E-state index is 3.62. The lowest BCUT2D eigenvalue weighted by Crippen LogP contribution is -2.35. The Morgan fingerprint density at radius 1 is 1.42 bits per heavy atom. The van der Waals surface area contributed by atoms with E-state index in [-0.39, 0.29) is 0 Å². The summed E-state index contributed by atoms with van der Waals surface area (Å²) < 4.78 is 0. The molecule has 1 aliphatic carbocycles. The zero-order valence-corrected chi connectivity index (χ0v) is 8.64. The van der Waals surface area contributed by atoms with Gasteiger partial charge in [0.2, 0.25) is 0 Å². The van der Waals surface area contributed by atoms with Crippen molar-refractivity contribution in [3.63, 3.8) is 0 Å². The summed E-state index contributed by atoms with van der Waals surface area (Å²) >= 11 is 0. The zero-order valence-electron chi connectivity index (χ0n) is 8.64. The lowest BCUT2D eigenvalue weighted by Gasteiger charge is -2.17. The molecule has 2 heteroatoms. The van der Waals surface area contributed by atoms with Crippen LogP contribution in [0.5, 0.6) is 0 Å². The lowest BCUT2D eigenvalue weighted by molar-refractivity contribution is 0.368. The number of hydrogen-bond donors (Lipinski definition) is 1. The average molecular weight is 170 g/mol. The van der Waals surface area contributed by atoms with Crippen molar-refractivity contribution in [1.29, 1.82) is 0 Å². The fraction of sp³-hybridized carbons (Fsp3) is 1.00. The fourth-order valence-corrected chi connectivity index (χ4v) is 1.62. The molecule has 1 rings (SSSR count). The van der Waals surface area contributed by atoms with Crippen molar-refractivity contribution >= 4 is 0 Å². The van der Waals surface area contributed by atoms with Gasteiger partial charge in [-0.1, -0.05) is 6.92 Å². The van der Waals surface area contributed by atoms with E-state index >= 15 is 0 Å². The summed E-state index contributed by atoms with van der Waals surface area (Å²) in [6.45, 7) is 4.58. The van der Waals surface area contributed by atoms with Gasteiger partial charge >= 0.3 is 0 Å². The fourth-order valence-electron chi connectivity index (χ4n) is 1.62. The van der Waals surface area contributed by atoms with Crippen LogP contribution in [0.4, 0.5) is 0 Å². The molecule has 12 heavy (non-hydrogen) atoms. The third-order valence-electron chi connectivity index (χ3n) is 2.60. The van der Waals surface area contributed by atoms with E-state index in [0.717, 1.165) is 25.0 Å². The first-order chi connectivity index (χ1) is 5.74. The zero-order chi connectivity index (χ0) is 8.97. The van der Waals surface area contributed by atoms with E-state index in [0.29, 0.717) is 0 Å². The van der Waals surface area contributed by atoms with Crippen molar-refractivity contribution in [1.82, 2.24) is 10.2 Å². The van der Waals surface area contributed by atoms with Gasteiger partial charge in [-0.25, -0.2) is 0 Å². The van der Waals surface area contributed by atoms with Gasteiger partial charge in [0.05, 0.1) is 0 Å². The highest BCUT2D eigenvalue weighted by atomic mass is 15.1. The average Bonchev–Trinajstić information content (AvgIpc) is 2.80. The molecule has 0 radical (unpaired) electrons. The topological polar surface area (TPSA) is 15.3 Å². The van der Waals surface area contributed by atoms with Crippen LogP contribution in [0.15, 0.2) is 0 Å². The first-order valence-electron chi connectivity index (χ1n) is 5.12. The molecule has 1 saturated carbocycles. The van der Waals surface area contributed by atoms with Crippen LogP contribution >= 0.6 is 0 Å². The molecule has 72 valence electrons. The predicted molar refractivity (Wildman–Crippen MR) is 53.4 cm³/mol. The summed E-state index contributed by atoms with van der Waals surface area (Å²) in [7, 11) is 4.25. The summed E-state index contributed by atoms with van der Waals surface area (Å²) in [6, 6.07) is 0.796. The van der Waals surface area contributed by atoms with Gasteiger partial charge in [-0.05, 0) is 39.3 Å². The molecular weight excluding hydrogens is 148 g/mol. The molecule has 1 atom stereocenters. The molecule has 1 N–H and O–H groups in total. The maximum atomic E-state index is 3.62. The van der Waals surface area contributed by atoms with Gasteiger partial charge in [0.25, 0.3) is 0 Å². The number of rotatable bonds is 6. The normalized spacial score (nSPS) is 20.0. The number of likely N-dealkylation sites (N-methyl/N-ethyl adjacent to an activating group) is 1. The van der Waals surface area contributed by atoms with E-state index in [9.17, 15) is 0 Å². The van der Waals surface area contributed by atoms with E-state index < -0.39 is 0 Å². The Hall–Kier alpha value is -0.0800. The van der Waals surface area contributed by atoms with E-state index in [1.807, 2.05) is 0 Å². The highest BCUT2D eigenvalue weighted by molar-refractivity contribution is 4.85. The van der Waals surface area contributed by atoms with Crippen LogP contribution in [0.1, 0.15) is 26.2 Å². The van der Waals surface area contributed by atoms with Crippen molar-refractivity contribution in [3.8, 4) is 0 Å². The van der Waals surface area contributed by atoms with E-state index in [4.69, 9.17) is 0 Å². The molecule has 1 fully saturated rings. The summed E-state index contributed by atoms with van der Waals surface area (Å²) in [6.07, 6.45) is 4.19. The molecule has 0 heterocycles. The van der Waals surface area contributed by atoms with Crippen molar-refractivity contribution in [2.24, 2.45) is 5.92 Å². The van der Waals surface area contributed by atoms with Crippen molar-refractivity contribution in [2.45, 2.75) is 32.2 Å².